The fourth-order valence-corrected chi connectivity index (χ4v) is 2.15. The summed E-state index contributed by atoms with van der Waals surface area (Å²) in [5.74, 6) is 1.99. The van der Waals surface area contributed by atoms with Crippen LogP contribution < -0.4 is 4.74 Å². The predicted molar refractivity (Wildman–Crippen MR) is 66.3 cm³/mol. The lowest BCUT2D eigenvalue weighted by Gasteiger charge is -2.09. The van der Waals surface area contributed by atoms with Crippen LogP contribution in [0.4, 0.5) is 0 Å². The Hall–Kier alpha value is -1.31. The van der Waals surface area contributed by atoms with Crippen molar-refractivity contribution in [2.75, 3.05) is 0 Å². The average Bonchev–Trinajstić information content (AvgIpc) is 3.21. The molecule has 0 amide bonds. The van der Waals surface area contributed by atoms with Gasteiger partial charge in [0.25, 0.3) is 0 Å². The molecule has 0 radical (unpaired) electrons. The lowest BCUT2D eigenvalue weighted by molar-refractivity contribution is 0.0916. The van der Waals surface area contributed by atoms with Crippen LogP contribution in [0.15, 0.2) is 24.3 Å². The number of ether oxygens (including phenoxy) is 1. The maximum atomic E-state index is 12.1. The van der Waals surface area contributed by atoms with Gasteiger partial charge in [-0.1, -0.05) is 6.92 Å². The summed E-state index contributed by atoms with van der Waals surface area (Å²) in [6.45, 7) is 2.05. The van der Waals surface area contributed by atoms with Crippen molar-refractivity contribution in [1.82, 2.24) is 0 Å². The first-order valence-corrected chi connectivity index (χ1v) is 6.55. The molecule has 2 saturated carbocycles. The summed E-state index contributed by atoms with van der Waals surface area (Å²) < 4.78 is 5.67. The van der Waals surface area contributed by atoms with Gasteiger partial charge in [0.2, 0.25) is 0 Å². The van der Waals surface area contributed by atoms with Crippen LogP contribution in [-0.2, 0) is 0 Å². The lowest BCUT2D eigenvalue weighted by Crippen LogP contribution is -2.13. The Morgan fingerprint density at radius 2 is 1.82 bits per heavy atom. The van der Waals surface area contributed by atoms with Crippen LogP contribution in [0, 0.1) is 11.8 Å². The Balaban J connectivity index is 1.67. The van der Waals surface area contributed by atoms with Gasteiger partial charge in [-0.05, 0) is 55.9 Å². The Morgan fingerprint density at radius 3 is 2.35 bits per heavy atom. The molecular weight excluding hydrogens is 212 g/mol. The molecule has 1 aromatic rings. The van der Waals surface area contributed by atoms with Gasteiger partial charge in [0.15, 0.2) is 5.78 Å². The second-order valence-corrected chi connectivity index (χ2v) is 5.33. The van der Waals surface area contributed by atoms with E-state index in [1.807, 2.05) is 24.3 Å². The molecule has 2 aliphatic carbocycles. The summed E-state index contributed by atoms with van der Waals surface area (Å²) in [6, 6.07) is 7.65. The Labute approximate surface area is 102 Å². The van der Waals surface area contributed by atoms with E-state index in [0.717, 1.165) is 11.3 Å². The van der Waals surface area contributed by atoms with Gasteiger partial charge in [0.1, 0.15) is 5.75 Å². The first-order chi connectivity index (χ1) is 8.24. The summed E-state index contributed by atoms with van der Waals surface area (Å²) >= 11 is 0. The number of carbonyl (C=O) groups is 1. The van der Waals surface area contributed by atoms with E-state index in [2.05, 4.69) is 6.92 Å². The van der Waals surface area contributed by atoms with E-state index in [1.54, 1.807) is 0 Å². The zero-order valence-electron chi connectivity index (χ0n) is 10.2. The molecule has 0 aliphatic heterocycles. The molecule has 1 aromatic carbocycles. The molecule has 1 unspecified atom stereocenters. The molecule has 0 spiro atoms. The van der Waals surface area contributed by atoms with Crippen LogP contribution in [0.3, 0.4) is 0 Å². The fraction of sp³-hybridized carbons (Fsp3) is 0.533. The van der Waals surface area contributed by atoms with Gasteiger partial charge in [-0.2, -0.15) is 0 Å². The van der Waals surface area contributed by atoms with Crippen LogP contribution >= 0.6 is 0 Å². The molecule has 3 rings (SSSR count). The van der Waals surface area contributed by atoms with E-state index in [9.17, 15) is 4.79 Å². The maximum Gasteiger partial charge on any atom is 0.165 e. The SMILES string of the molecule is CC(C(=O)c1ccc(OC2CC2)cc1)C1CC1. The van der Waals surface area contributed by atoms with Gasteiger partial charge in [-0.25, -0.2) is 0 Å². The van der Waals surface area contributed by atoms with E-state index in [0.29, 0.717) is 12.0 Å². The quantitative estimate of drug-likeness (QED) is 0.724. The van der Waals surface area contributed by atoms with Crippen molar-refractivity contribution >= 4 is 5.78 Å². The Bertz CT molecular complexity index is 413. The number of hydrogen-bond donors (Lipinski definition) is 0. The van der Waals surface area contributed by atoms with Crippen LogP contribution in [0.2, 0.25) is 0 Å². The zero-order chi connectivity index (χ0) is 11.8. The van der Waals surface area contributed by atoms with Crippen LogP contribution in [-0.4, -0.2) is 11.9 Å². The van der Waals surface area contributed by atoms with Crippen LogP contribution in [0.1, 0.15) is 43.0 Å². The summed E-state index contributed by atoms with van der Waals surface area (Å²) in [4.78, 5) is 12.1. The van der Waals surface area contributed by atoms with E-state index < -0.39 is 0 Å². The average molecular weight is 230 g/mol. The largest absolute Gasteiger partial charge is 0.490 e. The van der Waals surface area contributed by atoms with Gasteiger partial charge in [-0.3, -0.25) is 4.79 Å². The second kappa shape index (κ2) is 4.17. The topological polar surface area (TPSA) is 26.3 Å². The molecule has 17 heavy (non-hydrogen) atoms. The van der Waals surface area contributed by atoms with Crippen molar-refractivity contribution in [3.05, 3.63) is 29.8 Å². The Kier molecular flexibility index (Phi) is 2.65. The van der Waals surface area contributed by atoms with Crippen molar-refractivity contribution in [3.8, 4) is 5.75 Å². The summed E-state index contributed by atoms with van der Waals surface area (Å²) in [6.07, 6.45) is 5.19. The molecule has 0 heterocycles. The van der Waals surface area contributed by atoms with E-state index in [-0.39, 0.29) is 11.7 Å². The zero-order valence-corrected chi connectivity index (χ0v) is 10.2. The summed E-state index contributed by atoms with van der Waals surface area (Å²) in [7, 11) is 0. The minimum Gasteiger partial charge on any atom is -0.490 e. The molecule has 0 aromatic heterocycles. The van der Waals surface area contributed by atoms with Gasteiger partial charge >= 0.3 is 0 Å². The fourth-order valence-electron chi connectivity index (χ4n) is 2.15. The number of rotatable bonds is 5. The molecule has 90 valence electrons. The minimum atomic E-state index is 0.185. The van der Waals surface area contributed by atoms with Gasteiger partial charge in [0, 0.05) is 11.5 Å². The maximum absolute atomic E-state index is 12.1. The normalized spacial score (nSPS) is 21.0. The second-order valence-electron chi connectivity index (χ2n) is 5.33. The summed E-state index contributed by atoms with van der Waals surface area (Å²) in [5.41, 5.74) is 0.826. The molecule has 1 atom stereocenters. The first-order valence-electron chi connectivity index (χ1n) is 6.55. The highest BCUT2D eigenvalue weighted by atomic mass is 16.5. The molecule has 2 fully saturated rings. The van der Waals surface area contributed by atoms with Gasteiger partial charge < -0.3 is 4.74 Å². The number of ketones is 1. The molecule has 2 aliphatic rings. The van der Waals surface area contributed by atoms with Crippen molar-refractivity contribution < 1.29 is 9.53 Å². The monoisotopic (exact) mass is 230 g/mol. The van der Waals surface area contributed by atoms with Crippen LogP contribution in [0.5, 0.6) is 5.75 Å². The third-order valence-corrected chi connectivity index (χ3v) is 3.71. The molecule has 2 nitrogen and oxygen atoms in total. The van der Waals surface area contributed by atoms with E-state index in [1.165, 1.54) is 25.7 Å². The molecular formula is C15H18O2. The van der Waals surface area contributed by atoms with Crippen LogP contribution in [0.25, 0.3) is 0 Å². The molecule has 2 heteroatoms. The van der Waals surface area contributed by atoms with E-state index in [4.69, 9.17) is 4.74 Å². The predicted octanol–water partition coefficient (Wildman–Crippen LogP) is 3.46. The number of hydrogen-bond acceptors (Lipinski definition) is 2. The van der Waals surface area contributed by atoms with Gasteiger partial charge in [0.05, 0.1) is 6.10 Å². The molecule has 0 saturated heterocycles. The molecule has 0 bridgehead atoms. The molecule has 0 N–H and O–H groups in total. The number of benzene rings is 1. The minimum absolute atomic E-state index is 0.185. The van der Waals surface area contributed by atoms with E-state index >= 15 is 0 Å². The van der Waals surface area contributed by atoms with Crippen molar-refractivity contribution in [1.29, 1.82) is 0 Å². The smallest absolute Gasteiger partial charge is 0.165 e. The number of Topliss-reactive ketones (excluding diaryl/α,β-unsaturated/α-hetero) is 1. The number of carbonyl (C=O) groups excluding carboxylic acids is 1. The van der Waals surface area contributed by atoms with Gasteiger partial charge in [-0.15, -0.1) is 0 Å². The third kappa shape index (κ3) is 2.51. The third-order valence-electron chi connectivity index (χ3n) is 3.71. The van der Waals surface area contributed by atoms with Crippen molar-refractivity contribution in [3.63, 3.8) is 0 Å². The highest BCUT2D eigenvalue weighted by Crippen LogP contribution is 2.38. The first kappa shape index (κ1) is 10.8. The highest BCUT2D eigenvalue weighted by Gasteiger charge is 2.32. The Morgan fingerprint density at radius 1 is 1.18 bits per heavy atom. The lowest BCUT2D eigenvalue weighted by atomic mass is 9.95. The standard InChI is InChI=1S/C15H18O2/c1-10(11-2-3-11)15(16)12-4-6-13(7-5-12)17-14-8-9-14/h4-7,10-11,14H,2-3,8-9H2,1H3. The highest BCUT2D eigenvalue weighted by molar-refractivity contribution is 5.98. The van der Waals surface area contributed by atoms with Crippen molar-refractivity contribution in [2.24, 2.45) is 11.8 Å². The summed E-state index contributed by atoms with van der Waals surface area (Å²) in [5, 5.41) is 0. The van der Waals surface area contributed by atoms with Crippen molar-refractivity contribution in [2.45, 2.75) is 38.7 Å².